The molecule has 4 aromatic rings. The van der Waals surface area contributed by atoms with Gasteiger partial charge >= 0.3 is 0 Å². The lowest BCUT2D eigenvalue weighted by Gasteiger charge is -2.49. The minimum atomic E-state index is -0.134. The standard InChI is InChI=1S/C41H52N2O2/c1-8-28(4)36-22-30(10-20-38(36)44-34-16-12-32(42)13-17-34)41(25-27(3)24-40(6,7)26-41)31-11-21-39(37(23-31)29(5)9-2)45-35-18-14-33(43)15-19-35/h10-23,27-29H,8-9,24-26,42-43H2,1-7H3. The Kier molecular flexibility index (Phi) is 9.53. The van der Waals surface area contributed by atoms with Crippen LogP contribution in [0.2, 0.25) is 0 Å². The number of rotatable bonds is 10. The molecule has 238 valence electrons. The van der Waals surface area contributed by atoms with Crippen molar-refractivity contribution in [3.8, 4) is 23.0 Å². The molecule has 4 N–H and O–H groups in total. The largest absolute Gasteiger partial charge is 0.457 e. The van der Waals surface area contributed by atoms with Gasteiger partial charge in [0.05, 0.1) is 0 Å². The molecule has 0 aliphatic heterocycles. The highest BCUT2D eigenvalue weighted by Crippen LogP contribution is 2.55. The van der Waals surface area contributed by atoms with E-state index in [-0.39, 0.29) is 10.8 Å². The van der Waals surface area contributed by atoms with Gasteiger partial charge in [0, 0.05) is 16.8 Å². The van der Waals surface area contributed by atoms with Crippen LogP contribution in [0.5, 0.6) is 23.0 Å². The van der Waals surface area contributed by atoms with E-state index in [1.165, 1.54) is 28.7 Å². The fraction of sp³-hybridized carbons (Fsp3) is 0.415. The number of nitrogens with two attached hydrogens (primary N) is 2. The predicted molar refractivity (Wildman–Crippen MR) is 190 cm³/mol. The summed E-state index contributed by atoms with van der Waals surface area (Å²) in [5.41, 5.74) is 18.7. The van der Waals surface area contributed by atoms with E-state index in [0.717, 1.165) is 60.1 Å². The van der Waals surface area contributed by atoms with Gasteiger partial charge in [-0.05, 0) is 138 Å². The van der Waals surface area contributed by atoms with E-state index in [1.54, 1.807) is 0 Å². The van der Waals surface area contributed by atoms with Crippen molar-refractivity contribution in [1.29, 1.82) is 0 Å². The average Bonchev–Trinajstić information content (AvgIpc) is 3.01. The van der Waals surface area contributed by atoms with Gasteiger partial charge in [-0.15, -0.1) is 0 Å². The van der Waals surface area contributed by atoms with Gasteiger partial charge in [-0.1, -0.05) is 72.7 Å². The lowest BCUT2D eigenvalue weighted by Crippen LogP contribution is -2.41. The highest BCUT2D eigenvalue weighted by Gasteiger charge is 2.45. The second-order valence-corrected chi connectivity index (χ2v) is 14.4. The smallest absolute Gasteiger partial charge is 0.130 e. The molecule has 1 fully saturated rings. The lowest BCUT2D eigenvalue weighted by atomic mass is 9.55. The van der Waals surface area contributed by atoms with Crippen LogP contribution in [0.15, 0.2) is 84.9 Å². The Bertz CT molecular complexity index is 1480. The van der Waals surface area contributed by atoms with Crippen molar-refractivity contribution < 1.29 is 9.47 Å². The first-order valence-electron chi connectivity index (χ1n) is 16.8. The molecule has 0 bridgehead atoms. The van der Waals surface area contributed by atoms with E-state index < -0.39 is 0 Å². The lowest BCUT2D eigenvalue weighted by molar-refractivity contribution is 0.126. The SMILES string of the molecule is CCC(C)c1cc(C2(c3ccc(Oc4ccc(N)cc4)c(C(C)CC)c3)CC(C)CC(C)(C)C2)ccc1Oc1ccc(N)cc1. The second-order valence-electron chi connectivity index (χ2n) is 14.4. The molecule has 45 heavy (non-hydrogen) atoms. The molecule has 0 amide bonds. The number of hydrogen-bond donors (Lipinski definition) is 2. The molecule has 3 atom stereocenters. The first-order chi connectivity index (χ1) is 21.4. The minimum absolute atomic E-state index is 0.134. The van der Waals surface area contributed by atoms with E-state index in [1.807, 2.05) is 48.5 Å². The molecule has 4 nitrogen and oxygen atoms in total. The predicted octanol–water partition coefficient (Wildman–Crippen LogP) is 11.6. The van der Waals surface area contributed by atoms with Crippen LogP contribution in [0.4, 0.5) is 11.4 Å². The van der Waals surface area contributed by atoms with Crippen LogP contribution in [0.1, 0.15) is 115 Å². The van der Waals surface area contributed by atoms with Crippen LogP contribution in [-0.4, -0.2) is 0 Å². The molecule has 0 heterocycles. The van der Waals surface area contributed by atoms with Gasteiger partial charge in [0.25, 0.3) is 0 Å². The van der Waals surface area contributed by atoms with E-state index in [2.05, 4.69) is 84.9 Å². The number of anilines is 2. The molecule has 3 unspecified atom stereocenters. The normalized spacial score (nSPS) is 20.7. The Balaban J connectivity index is 1.65. The van der Waals surface area contributed by atoms with Crippen LogP contribution in [-0.2, 0) is 5.41 Å². The topological polar surface area (TPSA) is 70.5 Å². The number of benzene rings is 4. The monoisotopic (exact) mass is 604 g/mol. The van der Waals surface area contributed by atoms with Crippen molar-refractivity contribution in [2.45, 2.75) is 97.8 Å². The van der Waals surface area contributed by atoms with Crippen LogP contribution >= 0.6 is 0 Å². The van der Waals surface area contributed by atoms with Gasteiger partial charge in [0.2, 0.25) is 0 Å². The Morgan fingerprint density at radius 2 is 1.09 bits per heavy atom. The molecule has 1 aliphatic carbocycles. The number of ether oxygens (including phenoxy) is 2. The molecule has 4 heteroatoms. The Morgan fingerprint density at radius 3 is 1.47 bits per heavy atom. The minimum Gasteiger partial charge on any atom is -0.457 e. The van der Waals surface area contributed by atoms with E-state index in [0.29, 0.717) is 17.8 Å². The van der Waals surface area contributed by atoms with Crippen molar-refractivity contribution >= 4 is 11.4 Å². The molecule has 5 rings (SSSR count). The summed E-state index contributed by atoms with van der Waals surface area (Å²) in [5.74, 6) is 4.74. The van der Waals surface area contributed by atoms with Crippen molar-refractivity contribution in [3.05, 3.63) is 107 Å². The Morgan fingerprint density at radius 1 is 0.667 bits per heavy atom. The van der Waals surface area contributed by atoms with E-state index in [9.17, 15) is 0 Å². The zero-order chi connectivity index (χ0) is 32.4. The van der Waals surface area contributed by atoms with Gasteiger partial charge in [-0.2, -0.15) is 0 Å². The first-order valence-corrected chi connectivity index (χ1v) is 16.8. The highest BCUT2D eigenvalue weighted by atomic mass is 16.5. The van der Waals surface area contributed by atoms with Gasteiger partial charge in [-0.3, -0.25) is 0 Å². The molecule has 1 aliphatic rings. The molecule has 4 aromatic carbocycles. The number of hydrogen-bond acceptors (Lipinski definition) is 4. The molecule has 0 saturated heterocycles. The van der Waals surface area contributed by atoms with Crippen LogP contribution in [0.25, 0.3) is 0 Å². The summed E-state index contributed by atoms with van der Waals surface area (Å²) in [7, 11) is 0. The van der Waals surface area contributed by atoms with Crippen LogP contribution in [0, 0.1) is 11.3 Å². The Labute approximate surface area is 271 Å². The summed E-state index contributed by atoms with van der Waals surface area (Å²) in [6.07, 6.45) is 5.48. The van der Waals surface area contributed by atoms with Crippen molar-refractivity contribution in [2.75, 3.05) is 11.5 Å². The van der Waals surface area contributed by atoms with E-state index >= 15 is 0 Å². The maximum Gasteiger partial charge on any atom is 0.130 e. The summed E-state index contributed by atoms with van der Waals surface area (Å²) in [4.78, 5) is 0. The number of nitrogen functional groups attached to an aromatic ring is 2. The molecular weight excluding hydrogens is 552 g/mol. The molecule has 1 saturated carbocycles. The zero-order valence-corrected chi connectivity index (χ0v) is 28.3. The van der Waals surface area contributed by atoms with Gasteiger partial charge < -0.3 is 20.9 Å². The maximum atomic E-state index is 6.50. The fourth-order valence-electron chi connectivity index (χ4n) is 7.59. The van der Waals surface area contributed by atoms with Gasteiger partial charge in [-0.25, -0.2) is 0 Å². The van der Waals surface area contributed by atoms with Crippen molar-refractivity contribution in [2.24, 2.45) is 11.3 Å². The van der Waals surface area contributed by atoms with Crippen molar-refractivity contribution in [3.63, 3.8) is 0 Å². The maximum absolute atomic E-state index is 6.50. The first kappa shape index (κ1) is 32.5. The summed E-state index contributed by atoms with van der Waals surface area (Å²) in [6.45, 7) is 16.4. The van der Waals surface area contributed by atoms with Gasteiger partial charge in [0.15, 0.2) is 0 Å². The van der Waals surface area contributed by atoms with Crippen LogP contribution in [0.3, 0.4) is 0 Å². The van der Waals surface area contributed by atoms with E-state index in [4.69, 9.17) is 20.9 Å². The summed E-state index contributed by atoms with van der Waals surface area (Å²) >= 11 is 0. The Hall–Kier alpha value is -3.92. The highest BCUT2D eigenvalue weighted by molar-refractivity contribution is 5.53. The summed E-state index contributed by atoms with van der Waals surface area (Å²) in [6, 6.07) is 29.3. The van der Waals surface area contributed by atoms with Crippen LogP contribution < -0.4 is 20.9 Å². The van der Waals surface area contributed by atoms with Gasteiger partial charge in [0.1, 0.15) is 23.0 Å². The third kappa shape index (κ3) is 7.16. The average molecular weight is 605 g/mol. The van der Waals surface area contributed by atoms with Crippen molar-refractivity contribution in [1.82, 2.24) is 0 Å². The molecule has 0 spiro atoms. The second kappa shape index (κ2) is 13.2. The summed E-state index contributed by atoms with van der Waals surface area (Å²) in [5, 5.41) is 0. The molecule has 0 radical (unpaired) electrons. The quantitative estimate of drug-likeness (QED) is 0.177. The zero-order valence-electron chi connectivity index (χ0n) is 28.3. The third-order valence-corrected chi connectivity index (χ3v) is 10.0. The summed E-state index contributed by atoms with van der Waals surface area (Å²) < 4.78 is 13.0. The fourth-order valence-corrected chi connectivity index (χ4v) is 7.59. The third-order valence-electron chi connectivity index (χ3n) is 10.0. The molecular formula is C41H52N2O2. The molecule has 0 aromatic heterocycles.